The zero-order valence-electron chi connectivity index (χ0n) is 15.7. The maximum Gasteiger partial charge on any atom is 0.230 e. The van der Waals surface area contributed by atoms with E-state index in [1.165, 1.54) is 12.3 Å². The van der Waals surface area contributed by atoms with Crippen molar-refractivity contribution in [3.8, 4) is 23.0 Å². The van der Waals surface area contributed by atoms with Gasteiger partial charge in [-0.3, -0.25) is 4.99 Å². The van der Waals surface area contributed by atoms with Crippen LogP contribution in [0.25, 0.3) is 22.6 Å². The normalized spacial score (nSPS) is 11.5. The summed E-state index contributed by atoms with van der Waals surface area (Å²) in [4.78, 5) is 8.82. The Bertz CT molecular complexity index is 1270. The van der Waals surface area contributed by atoms with Gasteiger partial charge in [-0.25, -0.2) is 9.37 Å². The number of phenolic OH excluding ortho intramolecular Hbond substituents is 1. The third-order valence-corrected chi connectivity index (χ3v) is 6.32. The van der Waals surface area contributed by atoms with E-state index in [9.17, 15) is 9.50 Å². The molecule has 0 fully saturated rings. The Hall–Kier alpha value is -2.71. The van der Waals surface area contributed by atoms with Crippen LogP contribution in [0.3, 0.4) is 0 Å². The lowest BCUT2D eigenvalue weighted by Gasteiger charge is -2.11. The minimum absolute atomic E-state index is 0.0139. The second-order valence-corrected chi connectivity index (χ2v) is 7.92. The molecule has 1 aromatic heterocycles. The SMILES string of the molecule is CCOc1cc(Br)c(Br)c(C=Nc2ccc3oc(-c4ccccc4F)nc3c2)c1O. The first-order chi connectivity index (χ1) is 14.5. The highest BCUT2D eigenvalue weighted by Gasteiger charge is 2.15. The smallest absolute Gasteiger partial charge is 0.230 e. The molecule has 30 heavy (non-hydrogen) atoms. The quantitative estimate of drug-likeness (QED) is 0.280. The number of aromatic hydroxyl groups is 1. The summed E-state index contributed by atoms with van der Waals surface area (Å²) in [5.74, 6) is 0.149. The second-order valence-electron chi connectivity index (χ2n) is 6.27. The summed E-state index contributed by atoms with van der Waals surface area (Å²) in [6, 6.07) is 13.2. The average molecular weight is 534 g/mol. The molecule has 0 bridgehead atoms. The molecule has 1 heterocycles. The summed E-state index contributed by atoms with van der Waals surface area (Å²) in [5.41, 5.74) is 2.44. The molecule has 5 nitrogen and oxygen atoms in total. The van der Waals surface area contributed by atoms with Crippen molar-refractivity contribution >= 4 is 54.9 Å². The number of phenols is 1. The Morgan fingerprint density at radius 1 is 1.20 bits per heavy atom. The molecule has 0 spiro atoms. The van der Waals surface area contributed by atoms with Crippen LogP contribution in [0.2, 0.25) is 0 Å². The number of aromatic nitrogens is 1. The van der Waals surface area contributed by atoms with E-state index in [-0.39, 0.29) is 11.6 Å². The molecule has 0 aliphatic carbocycles. The van der Waals surface area contributed by atoms with Gasteiger partial charge in [0.2, 0.25) is 5.89 Å². The van der Waals surface area contributed by atoms with Crippen LogP contribution < -0.4 is 4.74 Å². The molecule has 0 radical (unpaired) electrons. The van der Waals surface area contributed by atoms with Gasteiger partial charge in [0.05, 0.1) is 23.4 Å². The van der Waals surface area contributed by atoms with Gasteiger partial charge in [-0.05, 0) is 75.2 Å². The van der Waals surface area contributed by atoms with Crippen molar-refractivity contribution in [2.24, 2.45) is 4.99 Å². The summed E-state index contributed by atoms with van der Waals surface area (Å²) in [5, 5.41) is 10.5. The molecule has 0 saturated heterocycles. The lowest BCUT2D eigenvalue weighted by Crippen LogP contribution is -1.95. The highest BCUT2D eigenvalue weighted by atomic mass is 79.9. The predicted molar refractivity (Wildman–Crippen MR) is 121 cm³/mol. The van der Waals surface area contributed by atoms with Gasteiger partial charge >= 0.3 is 0 Å². The lowest BCUT2D eigenvalue weighted by atomic mass is 10.2. The zero-order chi connectivity index (χ0) is 21.3. The van der Waals surface area contributed by atoms with Gasteiger partial charge in [-0.15, -0.1) is 0 Å². The van der Waals surface area contributed by atoms with Crippen LogP contribution in [0.4, 0.5) is 10.1 Å². The largest absolute Gasteiger partial charge is 0.504 e. The van der Waals surface area contributed by atoms with Gasteiger partial charge in [0.15, 0.2) is 17.1 Å². The second kappa shape index (κ2) is 8.57. The molecule has 4 rings (SSSR count). The molecule has 152 valence electrons. The molecule has 0 unspecified atom stereocenters. The van der Waals surface area contributed by atoms with Crippen molar-refractivity contribution in [2.75, 3.05) is 6.61 Å². The molecule has 8 heteroatoms. The number of benzene rings is 3. The van der Waals surface area contributed by atoms with E-state index in [1.54, 1.807) is 42.5 Å². The fourth-order valence-corrected chi connectivity index (χ4v) is 3.71. The first kappa shape index (κ1) is 20.6. The summed E-state index contributed by atoms with van der Waals surface area (Å²) in [6.45, 7) is 2.26. The van der Waals surface area contributed by atoms with Gasteiger partial charge < -0.3 is 14.3 Å². The van der Waals surface area contributed by atoms with Crippen molar-refractivity contribution in [1.29, 1.82) is 0 Å². The molecule has 0 atom stereocenters. The van der Waals surface area contributed by atoms with E-state index in [0.717, 1.165) is 4.47 Å². The fourth-order valence-electron chi connectivity index (χ4n) is 2.88. The highest BCUT2D eigenvalue weighted by molar-refractivity contribution is 9.13. The molecule has 1 N–H and O–H groups in total. The van der Waals surface area contributed by atoms with Gasteiger partial charge in [0.1, 0.15) is 11.3 Å². The van der Waals surface area contributed by atoms with Crippen molar-refractivity contribution in [3.63, 3.8) is 0 Å². The van der Waals surface area contributed by atoms with Gasteiger partial charge in [-0.1, -0.05) is 12.1 Å². The summed E-state index contributed by atoms with van der Waals surface area (Å²) in [7, 11) is 0. The minimum atomic E-state index is -0.401. The van der Waals surface area contributed by atoms with Crippen LogP contribution in [0.1, 0.15) is 12.5 Å². The van der Waals surface area contributed by atoms with Crippen LogP contribution in [-0.4, -0.2) is 22.9 Å². The number of fused-ring (bicyclic) bond motifs is 1. The van der Waals surface area contributed by atoms with E-state index in [0.29, 0.717) is 44.7 Å². The monoisotopic (exact) mass is 532 g/mol. The molecule has 0 aliphatic heterocycles. The van der Waals surface area contributed by atoms with Crippen LogP contribution in [0, 0.1) is 5.82 Å². The molecule has 3 aromatic carbocycles. The van der Waals surface area contributed by atoms with Crippen LogP contribution >= 0.6 is 31.9 Å². The number of nitrogens with zero attached hydrogens (tertiary/aromatic N) is 2. The Balaban J connectivity index is 1.70. The van der Waals surface area contributed by atoms with E-state index in [4.69, 9.17) is 9.15 Å². The van der Waals surface area contributed by atoms with E-state index in [2.05, 4.69) is 41.8 Å². The van der Waals surface area contributed by atoms with E-state index >= 15 is 0 Å². The third kappa shape index (κ3) is 3.97. The van der Waals surface area contributed by atoms with Gasteiger partial charge in [-0.2, -0.15) is 0 Å². The topological polar surface area (TPSA) is 67.9 Å². The maximum atomic E-state index is 14.0. The Kier molecular flexibility index (Phi) is 5.87. The van der Waals surface area contributed by atoms with Gasteiger partial charge in [0, 0.05) is 15.2 Å². The zero-order valence-corrected chi connectivity index (χ0v) is 18.9. The summed E-state index contributed by atoms with van der Waals surface area (Å²) < 4.78 is 26.5. The number of aliphatic imine (C=N–C) groups is 1. The number of hydrogen-bond acceptors (Lipinski definition) is 5. The van der Waals surface area contributed by atoms with Crippen molar-refractivity contribution in [1.82, 2.24) is 4.98 Å². The fraction of sp³-hybridized carbons (Fsp3) is 0.0909. The van der Waals surface area contributed by atoms with Crippen molar-refractivity contribution in [3.05, 3.63) is 68.9 Å². The molecular weight excluding hydrogens is 519 g/mol. The minimum Gasteiger partial charge on any atom is -0.504 e. The highest BCUT2D eigenvalue weighted by Crippen LogP contribution is 2.40. The van der Waals surface area contributed by atoms with Crippen molar-refractivity contribution in [2.45, 2.75) is 6.92 Å². The first-order valence-corrected chi connectivity index (χ1v) is 10.6. The Morgan fingerprint density at radius 3 is 2.77 bits per heavy atom. The maximum absolute atomic E-state index is 14.0. The number of rotatable bonds is 5. The van der Waals surface area contributed by atoms with Crippen LogP contribution in [0.5, 0.6) is 11.5 Å². The average Bonchev–Trinajstić information content (AvgIpc) is 3.15. The molecule has 0 aliphatic rings. The number of oxazole rings is 1. The van der Waals surface area contributed by atoms with E-state index in [1.807, 2.05) is 6.92 Å². The Morgan fingerprint density at radius 2 is 2.00 bits per heavy atom. The number of ether oxygens (including phenoxy) is 1. The van der Waals surface area contributed by atoms with Crippen LogP contribution in [-0.2, 0) is 0 Å². The van der Waals surface area contributed by atoms with Crippen molar-refractivity contribution < 1.29 is 18.7 Å². The Labute approximate surface area is 188 Å². The summed E-state index contributed by atoms with van der Waals surface area (Å²) in [6.07, 6.45) is 1.53. The first-order valence-electron chi connectivity index (χ1n) is 9.01. The molecule has 0 amide bonds. The van der Waals surface area contributed by atoms with Crippen LogP contribution in [0.15, 0.2) is 66.9 Å². The molecule has 0 saturated carbocycles. The summed E-state index contributed by atoms with van der Waals surface area (Å²) >= 11 is 6.89. The standard InChI is InChI=1S/C22H15Br2FN2O3/c1-2-29-19-10-15(23)20(24)14(21(19)28)11-26-12-7-8-18-17(9-12)27-22(30-18)13-5-3-4-6-16(13)25/h3-11,28H,2H2,1H3. The molecular formula is C22H15Br2FN2O3. The number of hydrogen-bond donors (Lipinski definition) is 1. The number of halogens is 3. The molecule has 4 aromatic rings. The predicted octanol–water partition coefficient (Wildman–Crippen LogP) is 7.01. The van der Waals surface area contributed by atoms with Gasteiger partial charge in [0.25, 0.3) is 0 Å². The van der Waals surface area contributed by atoms with E-state index < -0.39 is 5.82 Å². The third-order valence-electron chi connectivity index (χ3n) is 4.31. The lowest BCUT2D eigenvalue weighted by molar-refractivity contribution is 0.317.